The van der Waals surface area contributed by atoms with Gasteiger partial charge in [0.2, 0.25) is 5.91 Å². The summed E-state index contributed by atoms with van der Waals surface area (Å²) in [7, 11) is 0. The zero-order chi connectivity index (χ0) is 10.8. The van der Waals surface area contributed by atoms with Gasteiger partial charge in [0.1, 0.15) is 6.54 Å². The van der Waals surface area contributed by atoms with Gasteiger partial charge < -0.3 is 5.32 Å². The number of thiazole rings is 1. The van der Waals surface area contributed by atoms with Gasteiger partial charge >= 0.3 is 4.87 Å². The van der Waals surface area contributed by atoms with E-state index in [0.29, 0.717) is 0 Å². The Morgan fingerprint density at radius 1 is 1.57 bits per heavy atom. The Morgan fingerprint density at radius 2 is 2.21 bits per heavy atom. The lowest BCUT2D eigenvalue weighted by Gasteiger charge is -2.20. The van der Waals surface area contributed by atoms with Crippen LogP contribution in [0.15, 0.2) is 16.4 Å². The van der Waals surface area contributed by atoms with Crippen molar-refractivity contribution in [2.75, 3.05) is 0 Å². The first kappa shape index (κ1) is 11.0. The van der Waals surface area contributed by atoms with Gasteiger partial charge in [-0.05, 0) is 20.8 Å². The van der Waals surface area contributed by atoms with E-state index >= 15 is 0 Å². The lowest BCUT2D eigenvalue weighted by Crippen LogP contribution is -2.43. The number of aromatic nitrogens is 1. The summed E-state index contributed by atoms with van der Waals surface area (Å²) in [4.78, 5) is 22.4. The third-order valence-electron chi connectivity index (χ3n) is 1.47. The SMILES string of the molecule is CC(C)(C)NC(=O)Cn1ccsc1=O. The van der Waals surface area contributed by atoms with Crippen LogP contribution >= 0.6 is 11.3 Å². The van der Waals surface area contributed by atoms with Gasteiger partial charge in [0, 0.05) is 17.1 Å². The van der Waals surface area contributed by atoms with Crippen molar-refractivity contribution < 1.29 is 4.79 Å². The molecule has 0 spiro atoms. The molecule has 0 radical (unpaired) electrons. The minimum absolute atomic E-state index is 0.0968. The summed E-state index contributed by atoms with van der Waals surface area (Å²) in [6, 6.07) is 0. The standard InChI is InChI=1S/C9H14N2O2S/c1-9(2,3)10-7(12)6-11-4-5-14-8(11)13/h4-5H,6H2,1-3H3,(H,10,12). The topological polar surface area (TPSA) is 51.1 Å². The van der Waals surface area contributed by atoms with Crippen LogP contribution in [0.3, 0.4) is 0 Å². The molecule has 1 rings (SSSR count). The lowest BCUT2D eigenvalue weighted by atomic mass is 10.1. The molecular formula is C9H14N2O2S. The van der Waals surface area contributed by atoms with Gasteiger partial charge in [-0.1, -0.05) is 11.3 Å². The molecule has 0 aliphatic carbocycles. The van der Waals surface area contributed by atoms with Gasteiger partial charge in [0.05, 0.1) is 0 Å². The van der Waals surface area contributed by atoms with Gasteiger partial charge in [-0.25, -0.2) is 0 Å². The van der Waals surface area contributed by atoms with Crippen LogP contribution in [0.2, 0.25) is 0 Å². The molecule has 0 saturated carbocycles. The van der Waals surface area contributed by atoms with Gasteiger partial charge in [-0.15, -0.1) is 0 Å². The zero-order valence-corrected chi connectivity index (χ0v) is 9.35. The third-order valence-corrected chi connectivity index (χ3v) is 2.17. The molecule has 1 aromatic rings. The summed E-state index contributed by atoms with van der Waals surface area (Å²) >= 11 is 1.09. The number of hydrogen-bond acceptors (Lipinski definition) is 3. The fourth-order valence-electron chi connectivity index (χ4n) is 1.02. The van der Waals surface area contributed by atoms with Crippen molar-refractivity contribution in [1.82, 2.24) is 9.88 Å². The summed E-state index contributed by atoms with van der Waals surface area (Å²) < 4.78 is 1.39. The van der Waals surface area contributed by atoms with E-state index in [2.05, 4.69) is 5.32 Å². The maximum Gasteiger partial charge on any atom is 0.307 e. The number of carbonyl (C=O) groups excluding carboxylic acids is 1. The third kappa shape index (κ3) is 3.33. The molecule has 1 N–H and O–H groups in total. The second-order valence-corrected chi connectivity index (χ2v) is 4.95. The van der Waals surface area contributed by atoms with Crippen molar-refractivity contribution in [2.45, 2.75) is 32.9 Å². The summed E-state index contributed by atoms with van der Waals surface area (Å²) in [5.41, 5.74) is -0.253. The van der Waals surface area contributed by atoms with Crippen LogP contribution in [0, 0.1) is 0 Å². The minimum atomic E-state index is -0.253. The van der Waals surface area contributed by atoms with Gasteiger partial charge in [0.25, 0.3) is 0 Å². The molecule has 5 heteroatoms. The van der Waals surface area contributed by atoms with Crippen molar-refractivity contribution in [2.24, 2.45) is 0 Å². The molecule has 1 aromatic heterocycles. The van der Waals surface area contributed by atoms with E-state index in [1.54, 1.807) is 11.6 Å². The van der Waals surface area contributed by atoms with E-state index in [-0.39, 0.29) is 22.9 Å². The maximum absolute atomic E-state index is 11.4. The number of rotatable bonds is 2. The molecule has 0 unspecified atom stereocenters. The average Bonchev–Trinajstić information content (AvgIpc) is 2.32. The predicted octanol–water partition coefficient (Wildman–Crippen LogP) is 0.825. The maximum atomic E-state index is 11.4. The second kappa shape index (κ2) is 3.96. The molecule has 0 aromatic carbocycles. The molecule has 0 bridgehead atoms. The van der Waals surface area contributed by atoms with Crippen LogP contribution in [0.25, 0.3) is 0 Å². The number of nitrogens with one attached hydrogen (secondary N) is 1. The molecule has 0 atom stereocenters. The molecule has 0 saturated heterocycles. The Morgan fingerprint density at radius 3 is 2.64 bits per heavy atom. The predicted molar refractivity (Wildman–Crippen MR) is 56.5 cm³/mol. The van der Waals surface area contributed by atoms with Crippen molar-refractivity contribution in [3.8, 4) is 0 Å². The number of amides is 1. The van der Waals surface area contributed by atoms with E-state index in [1.165, 1.54) is 4.57 Å². The number of nitrogens with zero attached hydrogens (tertiary/aromatic N) is 1. The molecule has 14 heavy (non-hydrogen) atoms. The van der Waals surface area contributed by atoms with E-state index in [1.807, 2.05) is 20.8 Å². The van der Waals surface area contributed by atoms with E-state index < -0.39 is 0 Å². The minimum Gasteiger partial charge on any atom is -0.350 e. The summed E-state index contributed by atoms with van der Waals surface area (Å²) in [5, 5.41) is 4.46. The van der Waals surface area contributed by atoms with Crippen molar-refractivity contribution in [3.05, 3.63) is 21.2 Å². The monoisotopic (exact) mass is 214 g/mol. The Kier molecular flexibility index (Phi) is 3.10. The fourth-order valence-corrected chi connectivity index (χ4v) is 1.61. The van der Waals surface area contributed by atoms with Crippen LogP contribution in [0.1, 0.15) is 20.8 Å². The highest BCUT2D eigenvalue weighted by molar-refractivity contribution is 7.07. The Balaban J connectivity index is 2.59. The fraction of sp³-hybridized carbons (Fsp3) is 0.556. The van der Waals surface area contributed by atoms with Crippen LogP contribution in [-0.2, 0) is 11.3 Å². The summed E-state index contributed by atoms with van der Waals surface area (Å²) in [5.74, 6) is -0.141. The van der Waals surface area contributed by atoms with E-state index in [9.17, 15) is 9.59 Å². The van der Waals surface area contributed by atoms with E-state index in [4.69, 9.17) is 0 Å². The van der Waals surface area contributed by atoms with E-state index in [0.717, 1.165) is 11.3 Å². The van der Waals surface area contributed by atoms with Crippen LogP contribution < -0.4 is 10.2 Å². The summed E-state index contributed by atoms with van der Waals surface area (Å²) in [6.45, 7) is 5.81. The Hall–Kier alpha value is -1.10. The van der Waals surface area contributed by atoms with Gasteiger partial charge in [0.15, 0.2) is 0 Å². The molecule has 78 valence electrons. The smallest absolute Gasteiger partial charge is 0.307 e. The normalized spacial score (nSPS) is 11.4. The molecule has 0 aliphatic rings. The molecular weight excluding hydrogens is 200 g/mol. The highest BCUT2D eigenvalue weighted by Crippen LogP contribution is 1.98. The molecule has 1 heterocycles. The quantitative estimate of drug-likeness (QED) is 0.792. The first-order chi connectivity index (χ1) is 6.38. The van der Waals surface area contributed by atoms with Crippen molar-refractivity contribution in [3.63, 3.8) is 0 Å². The number of carbonyl (C=O) groups is 1. The highest BCUT2D eigenvalue weighted by Gasteiger charge is 2.14. The lowest BCUT2D eigenvalue weighted by molar-refractivity contribution is -0.123. The summed E-state index contributed by atoms with van der Waals surface area (Å²) in [6.07, 6.45) is 1.62. The first-order valence-electron chi connectivity index (χ1n) is 4.33. The largest absolute Gasteiger partial charge is 0.350 e. The van der Waals surface area contributed by atoms with Gasteiger partial charge in [-0.3, -0.25) is 14.2 Å². The molecule has 1 amide bonds. The van der Waals surface area contributed by atoms with Crippen LogP contribution in [-0.4, -0.2) is 16.0 Å². The number of hydrogen-bond donors (Lipinski definition) is 1. The van der Waals surface area contributed by atoms with Crippen LogP contribution in [0.5, 0.6) is 0 Å². The van der Waals surface area contributed by atoms with Crippen molar-refractivity contribution >= 4 is 17.2 Å². The Bertz CT molecular complexity index is 373. The average molecular weight is 214 g/mol. The molecule has 0 fully saturated rings. The Labute approximate surface area is 86.6 Å². The molecule has 4 nitrogen and oxygen atoms in total. The van der Waals surface area contributed by atoms with Crippen LogP contribution in [0.4, 0.5) is 0 Å². The zero-order valence-electron chi connectivity index (χ0n) is 8.53. The molecule has 0 aliphatic heterocycles. The second-order valence-electron chi connectivity index (χ2n) is 4.09. The first-order valence-corrected chi connectivity index (χ1v) is 5.21. The van der Waals surface area contributed by atoms with Gasteiger partial charge in [-0.2, -0.15) is 0 Å². The highest BCUT2D eigenvalue weighted by atomic mass is 32.1. The van der Waals surface area contributed by atoms with Crippen molar-refractivity contribution in [1.29, 1.82) is 0 Å².